The summed E-state index contributed by atoms with van der Waals surface area (Å²) in [4.78, 5) is 24.3. The minimum atomic E-state index is -0.628. The van der Waals surface area contributed by atoms with Gasteiger partial charge in [-0.25, -0.2) is 4.79 Å². The van der Waals surface area contributed by atoms with Crippen LogP contribution in [-0.2, 0) is 6.42 Å². The highest BCUT2D eigenvalue weighted by molar-refractivity contribution is 5.96. The summed E-state index contributed by atoms with van der Waals surface area (Å²) < 4.78 is 10.4. The molecular weight excluding hydrogens is 318 g/mol. The van der Waals surface area contributed by atoms with Gasteiger partial charge in [-0.05, 0) is 42.7 Å². The number of carbonyl (C=O) groups excluding carboxylic acids is 1. The molecule has 0 aliphatic carbocycles. The molecule has 3 rings (SSSR count). The molecular formula is C20H19NO4. The van der Waals surface area contributed by atoms with Crippen molar-refractivity contribution in [2.24, 2.45) is 0 Å². The Bertz CT molecular complexity index is 975. The molecule has 3 aromatic rings. The molecule has 1 N–H and O–H groups in total. The maximum atomic E-state index is 12.3. The third-order valence-electron chi connectivity index (χ3n) is 4.04. The van der Waals surface area contributed by atoms with Crippen LogP contribution < -0.4 is 15.7 Å². The van der Waals surface area contributed by atoms with Crippen LogP contribution in [0.25, 0.3) is 11.0 Å². The van der Waals surface area contributed by atoms with E-state index in [0.717, 1.165) is 22.3 Å². The van der Waals surface area contributed by atoms with Gasteiger partial charge in [-0.15, -0.1) is 0 Å². The van der Waals surface area contributed by atoms with Crippen LogP contribution in [0.4, 0.5) is 0 Å². The molecule has 128 valence electrons. The lowest BCUT2D eigenvalue weighted by Crippen LogP contribution is -2.29. The molecule has 0 atom stereocenters. The topological polar surface area (TPSA) is 68.5 Å². The van der Waals surface area contributed by atoms with E-state index >= 15 is 0 Å². The zero-order valence-corrected chi connectivity index (χ0v) is 14.2. The predicted octanol–water partition coefficient (Wildman–Crippen LogP) is 3.08. The van der Waals surface area contributed by atoms with Crippen molar-refractivity contribution in [3.05, 3.63) is 75.6 Å². The van der Waals surface area contributed by atoms with Gasteiger partial charge in [-0.3, -0.25) is 4.79 Å². The summed E-state index contributed by atoms with van der Waals surface area (Å²) in [6.07, 6.45) is 0.662. The number of benzene rings is 2. The van der Waals surface area contributed by atoms with E-state index in [-0.39, 0.29) is 5.56 Å². The van der Waals surface area contributed by atoms with Crippen LogP contribution in [0, 0.1) is 6.92 Å². The first kappa shape index (κ1) is 16.8. The Morgan fingerprint density at radius 1 is 1.16 bits per heavy atom. The Balaban J connectivity index is 1.68. The third kappa shape index (κ3) is 3.71. The minimum absolute atomic E-state index is 0.0182. The molecule has 0 unspecified atom stereocenters. The molecule has 1 aromatic heterocycles. The van der Waals surface area contributed by atoms with Crippen molar-refractivity contribution < 1.29 is 13.9 Å². The van der Waals surface area contributed by atoms with Crippen molar-refractivity contribution in [1.82, 2.24) is 5.32 Å². The van der Waals surface area contributed by atoms with Crippen LogP contribution in [-0.4, -0.2) is 19.6 Å². The van der Waals surface area contributed by atoms with Gasteiger partial charge in [0.2, 0.25) is 0 Å². The molecule has 0 saturated carbocycles. The molecule has 0 spiro atoms. The lowest BCUT2D eigenvalue weighted by Gasteiger charge is -2.08. The second-order valence-corrected chi connectivity index (χ2v) is 5.80. The van der Waals surface area contributed by atoms with Crippen LogP contribution in [0.2, 0.25) is 0 Å². The Labute approximate surface area is 145 Å². The van der Waals surface area contributed by atoms with Gasteiger partial charge in [0.15, 0.2) is 0 Å². The Kier molecular flexibility index (Phi) is 4.84. The highest BCUT2D eigenvalue weighted by Crippen LogP contribution is 2.18. The van der Waals surface area contributed by atoms with E-state index in [1.54, 1.807) is 31.4 Å². The Hall–Kier alpha value is -3.08. The molecule has 0 radical (unpaired) electrons. The molecule has 0 aliphatic heterocycles. The molecule has 0 fully saturated rings. The highest BCUT2D eigenvalue weighted by atomic mass is 16.5. The van der Waals surface area contributed by atoms with Crippen LogP contribution in [0.15, 0.2) is 57.7 Å². The molecule has 0 bridgehead atoms. The van der Waals surface area contributed by atoms with Gasteiger partial charge in [0, 0.05) is 11.9 Å². The average molecular weight is 337 g/mol. The van der Waals surface area contributed by atoms with E-state index in [1.807, 2.05) is 31.2 Å². The minimum Gasteiger partial charge on any atom is -0.496 e. The fourth-order valence-corrected chi connectivity index (χ4v) is 2.73. The molecule has 2 aromatic carbocycles. The van der Waals surface area contributed by atoms with Crippen molar-refractivity contribution in [1.29, 1.82) is 0 Å². The van der Waals surface area contributed by atoms with E-state index in [4.69, 9.17) is 9.15 Å². The summed E-state index contributed by atoms with van der Waals surface area (Å²) in [5.41, 5.74) is 1.99. The van der Waals surface area contributed by atoms with Gasteiger partial charge in [0.1, 0.15) is 16.9 Å². The first-order chi connectivity index (χ1) is 12.1. The largest absolute Gasteiger partial charge is 0.496 e. The molecule has 0 saturated heterocycles. The number of fused-ring (bicyclic) bond motifs is 1. The predicted molar refractivity (Wildman–Crippen MR) is 96.3 cm³/mol. The number of amides is 1. The smallest absolute Gasteiger partial charge is 0.349 e. The van der Waals surface area contributed by atoms with Crippen LogP contribution in [0.3, 0.4) is 0 Å². The summed E-state index contributed by atoms with van der Waals surface area (Å²) in [7, 11) is 1.64. The van der Waals surface area contributed by atoms with Crippen molar-refractivity contribution in [2.45, 2.75) is 13.3 Å². The van der Waals surface area contributed by atoms with Crippen LogP contribution >= 0.6 is 0 Å². The fraction of sp³-hybridized carbons (Fsp3) is 0.200. The standard InChI is InChI=1S/C20H19NO4/c1-13-11-14(7-8-17(13)24-2)9-10-21-19(22)16-12-15-5-3-4-6-18(15)25-20(16)23/h3-8,11-12H,9-10H2,1-2H3,(H,21,22). The number of ether oxygens (including phenoxy) is 1. The van der Waals surface area contributed by atoms with Gasteiger partial charge in [0.05, 0.1) is 7.11 Å². The van der Waals surface area contributed by atoms with Gasteiger partial charge < -0.3 is 14.5 Å². The molecule has 25 heavy (non-hydrogen) atoms. The summed E-state index contributed by atoms with van der Waals surface area (Å²) in [5, 5.41) is 3.49. The third-order valence-corrected chi connectivity index (χ3v) is 4.04. The van der Waals surface area contributed by atoms with E-state index in [9.17, 15) is 9.59 Å². The first-order valence-corrected chi connectivity index (χ1v) is 8.03. The molecule has 5 nitrogen and oxygen atoms in total. The van der Waals surface area contributed by atoms with Gasteiger partial charge >= 0.3 is 5.63 Å². The number of hydrogen-bond acceptors (Lipinski definition) is 4. The van der Waals surface area contributed by atoms with Gasteiger partial charge in [-0.1, -0.05) is 30.3 Å². The van der Waals surface area contributed by atoms with Crippen LogP contribution in [0.5, 0.6) is 5.75 Å². The van der Waals surface area contributed by atoms with Crippen molar-refractivity contribution in [3.8, 4) is 5.75 Å². The van der Waals surface area contributed by atoms with Gasteiger partial charge in [-0.2, -0.15) is 0 Å². The number of hydrogen-bond donors (Lipinski definition) is 1. The second-order valence-electron chi connectivity index (χ2n) is 5.80. The van der Waals surface area contributed by atoms with E-state index in [2.05, 4.69) is 5.32 Å². The SMILES string of the molecule is COc1ccc(CCNC(=O)c2cc3ccccc3oc2=O)cc1C. The van der Waals surface area contributed by atoms with E-state index < -0.39 is 11.5 Å². The molecule has 5 heteroatoms. The lowest BCUT2D eigenvalue weighted by atomic mass is 10.1. The average Bonchev–Trinajstić information content (AvgIpc) is 2.61. The van der Waals surface area contributed by atoms with Crippen molar-refractivity contribution in [2.75, 3.05) is 13.7 Å². The second kappa shape index (κ2) is 7.21. The Morgan fingerprint density at radius 3 is 2.72 bits per heavy atom. The summed E-state index contributed by atoms with van der Waals surface area (Å²) >= 11 is 0. The number of methoxy groups -OCH3 is 1. The monoisotopic (exact) mass is 337 g/mol. The van der Waals surface area contributed by atoms with E-state index in [1.165, 1.54) is 0 Å². The summed E-state index contributed by atoms with van der Waals surface area (Å²) in [6, 6.07) is 14.6. The zero-order valence-electron chi connectivity index (χ0n) is 14.2. The van der Waals surface area contributed by atoms with E-state index in [0.29, 0.717) is 18.5 Å². The fourth-order valence-electron chi connectivity index (χ4n) is 2.73. The number of aryl methyl sites for hydroxylation is 1. The quantitative estimate of drug-likeness (QED) is 0.727. The number of carbonyl (C=O) groups is 1. The zero-order chi connectivity index (χ0) is 17.8. The van der Waals surface area contributed by atoms with Crippen LogP contribution in [0.1, 0.15) is 21.5 Å². The maximum absolute atomic E-state index is 12.3. The number of para-hydroxylation sites is 1. The molecule has 1 heterocycles. The van der Waals surface area contributed by atoms with Gasteiger partial charge in [0.25, 0.3) is 5.91 Å². The first-order valence-electron chi connectivity index (χ1n) is 8.03. The van der Waals surface area contributed by atoms with Crippen molar-refractivity contribution >= 4 is 16.9 Å². The number of rotatable bonds is 5. The Morgan fingerprint density at radius 2 is 1.96 bits per heavy atom. The maximum Gasteiger partial charge on any atom is 0.349 e. The summed E-state index contributed by atoms with van der Waals surface area (Å²) in [6.45, 7) is 2.40. The lowest BCUT2D eigenvalue weighted by molar-refractivity contribution is 0.0950. The summed E-state index contributed by atoms with van der Waals surface area (Å²) in [5.74, 6) is 0.409. The highest BCUT2D eigenvalue weighted by Gasteiger charge is 2.13. The molecule has 1 amide bonds. The number of nitrogens with one attached hydrogen (secondary N) is 1. The molecule has 0 aliphatic rings. The van der Waals surface area contributed by atoms with Crippen molar-refractivity contribution in [3.63, 3.8) is 0 Å². The normalized spacial score (nSPS) is 10.6.